The fourth-order valence-electron chi connectivity index (χ4n) is 1.89. The topological polar surface area (TPSA) is 73.1 Å². The summed E-state index contributed by atoms with van der Waals surface area (Å²) in [5.41, 5.74) is 3.33. The maximum absolute atomic E-state index is 13.3. The van der Waals surface area contributed by atoms with Gasteiger partial charge in [-0.2, -0.15) is 4.98 Å². The Morgan fingerprint density at radius 1 is 1.30 bits per heavy atom. The van der Waals surface area contributed by atoms with Crippen molar-refractivity contribution in [1.82, 2.24) is 9.97 Å². The third kappa shape index (κ3) is 2.70. The lowest BCUT2D eigenvalue weighted by atomic mass is 10.2. The van der Waals surface area contributed by atoms with Crippen molar-refractivity contribution in [3.05, 3.63) is 41.5 Å². The van der Waals surface area contributed by atoms with Gasteiger partial charge in [0.25, 0.3) is 0 Å². The molecule has 0 aliphatic heterocycles. The molecule has 0 radical (unpaired) electrons. The Morgan fingerprint density at radius 2 is 2.10 bits per heavy atom. The number of rotatable bonds is 4. The first-order chi connectivity index (χ1) is 9.65. The molecule has 3 rings (SSSR count). The van der Waals surface area contributed by atoms with Crippen molar-refractivity contribution in [3.8, 4) is 11.6 Å². The summed E-state index contributed by atoms with van der Waals surface area (Å²) in [6, 6.07) is 5.99. The summed E-state index contributed by atoms with van der Waals surface area (Å²) in [7, 11) is 0. The second kappa shape index (κ2) is 5.05. The molecule has 3 N–H and O–H groups in total. The summed E-state index contributed by atoms with van der Waals surface area (Å²) in [4.78, 5) is 8.65. The number of hydrogen-bond donors (Lipinski definition) is 2. The number of nitrogen functional groups attached to an aromatic ring is 1. The highest BCUT2D eigenvalue weighted by atomic mass is 19.1. The van der Waals surface area contributed by atoms with Crippen LogP contribution in [0.3, 0.4) is 0 Å². The summed E-state index contributed by atoms with van der Waals surface area (Å²) in [5.74, 6) is 7.43. The number of halogens is 1. The number of hydrogen-bond acceptors (Lipinski definition) is 5. The van der Waals surface area contributed by atoms with Gasteiger partial charge in [-0.3, -0.25) is 0 Å². The molecule has 0 atom stereocenters. The van der Waals surface area contributed by atoms with Gasteiger partial charge in [-0.15, -0.1) is 0 Å². The number of aromatic nitrogens is 2. The monoisotopic (exact) mass is 274 g/mol. The van der Waals surface area contributed by atoms with Gasteiger partial charge >= 0.3 is 0 Å². The molecule has 1 aliphatic carbocycles. The smallest absolute Gasteiger partial charge is 0.224 e. The SMILES string of the molecule is Cc1ccc(F)cc1Oc1cc(NN)nc(C2CC2)n1. The molecule has 20 heavy (non-hydrogen) atoms. The minimum Gasteiger partial charge on any atom is -0.438 e. The van der Waals surface area contributed by atoms with Gasteiger partial charge in [0.15, 0.2) is 0 Å². The molecule has 1 saturated carbocycles. The van der Waals surface area contributed by atoms with Crippen molar-refractivity contribution < 1.29 is 9.13 Å². The van der Waals surface area contributed by atoms with Gasteiger partial charge in [0.05, 0.1) is 0 Å². The Kier molecular flexibility index (Phi) is 3.23. The highest BCUT2D eigenvalue weighted by Crippen LogP contribution is 2.39. The summed E-state index contributed by atoms with van der Waals surface area (Å²) in [6.45, 7) is 1.85. The molecular formula is C14H15FN4O. The van der Waals surface area contributed by atoms with Crippen LogP contribution in [0.2, 0.25) is 0 Å². The molecule has 1 aromatic heterocycles. The molecule has 0 amide bonds. The van der Waals surface area contributed by atoms with Crippen molar-refractivity contribution in [1.29, 1.82) is 0 Å². The van der Waals surface area contributed by atoms with E-state index in [1.807, 2.05) is 6.92 Å². The Balaban J connectivity index is 1.93. The average Bonchev–Trinajstić information content (AvgIpc) is 3.27. The van der Waals surface area contributed by atoms with Gasteiger partial charge in [-0.25, -0.2) is 15.2 Å². The molecule has 1 fully saturated rings. The van der Waals surface area contributed by atoms with E-state index in [1.54, 1.807) is 12.1 Å². The minimum atomic E-state index is -0.348. The lowest BCUT2D eigenvalue weighted by Gasteiger charge is -2.10. The number of nitrogens with two attached hydrogens (primary N) is 1. The van der Waals surface area contributed by atoms with Crippen molar-refractivity contribution >= 4 is 5.82 Å². The zero-order valence-corrected chi connectivity index (χ0v) is 11.1. The maximum Gasteiger partial charge on any atom is 0.224 e. The van der Waals surface area contributed by atoms with Gasteiger partial charge in [-0.1, -0.05) is 6.07 Å². The van der Waals surface area contributed by atoms with E-state index >= 15 is 0 Å². The lowest BCUT2D eigenvalue weighted by Crippen LogP contribution is -2.10. The van der Waals surface area contributed by atoms with E-state index in [2.05, 4.69) is 15.4 Å². The average molecular weight is 274 g/mol. The first-order valence-electron chi connectivity index (χ1n) is 6.45. The van der Waals surface area contributed by atoms with Crippen molar-refractivity contribution in [2.24, 2.45) is 5.84 Å². The highest BCUT2D eigenvalue weighted by Gasteiger charge is 2.27. The maximum atomic E-state index is 13.3. The van der Waals surface area contributed by atoms with Crippen LogP contribution in [0.25, 0.3) is 0 Å². The van der Waals surface area contributed by atoms with Crippen LogP contribution >= 0.6 is 0 Å². The summed E-state index contributed by atoms with van der Waals surface area (Å²) >= 11 is 0. The number of nitrogens with one attached hydrogen (secondary N) is 1. The molecule has 1 aliphatic rings. The molecule has 2 aromatic rings. The molecule has 0 saturated heterocycles. The van der Waals surface area contributed by atoms with Crippen LogP contribution in [0.15, 0.2) is 24.3 Å². The van der Waals surface area contributed by atoms with Crippen LogP contribution in [0.5, 0.6) is 11.6 Å². The highest BCUT2D eigenvalue weighted by molar-refractivity contribution is 5.41. The number of aryl methyl sites for hydroxylation is 1. The van der Waals surface area contributed by atoms with Crippen LogP contribution in [-0.2, 0) is 0 Å². The van der Waals surface area contributed by atoms with E-state index in [-0.39, 0.29) is 5.82 Å². The van der Waals surface area contributed by atoms with Crippen LogP contribution in [-0.4, -0.2) is 9.97 Å². The number of hydrazine groups is 1. The van der Waals surface area contributed by atoms with E-state index in [9.17, 15) is 4.39 Å². The Morgan fingerprint density at radius 3 is 2.80 bits per heavy atom. The number of nitrogens with zero attached hydrogens (tertiary/aromatic N) is 2. The summed E-state index contributed by atoms with van der Waals surface area (Å²) in [5, 5.41) is 0. The first-order valence-corrected chi connectivity index (χ1v) is 6.45. The molecule has 104 valence electrons. The molecule has 1 heterocycles. The summed E-state index contributed by atoms with van der Waals surface area (Å²) < 4.78 is 18.9. The Hall–Kier alpha value is -2.21. The molecule has 0 unspecified atom stereocenters. The van der Waals surface area contributed by atoms with Gasteiger partial charge < -0.3 is 10.2 Å². The van der Waals surface area contributed by atoms with Gasteiger partial charge in [0, 0.05) is 18.1 Å². The third-order valence-corrected chi connectivity index (χ3v) is 3.18. The van der Waals surface area contributed by atoms with Crippen molar-refractivity contribution in [3.63, 3.8) is 0 Å². The quantitative estimate of drug-likeness (QED) is 0.662. The lowest BCUT2D eigenvalue weighted by molar-refractivity contribution is 0.451. The van der Waals surface area contributed by atoms with Crippen molar-refractivity contribution in [2.45, 2.75) is 25.7 Å². The molecular weight excluding hydrogens is 259 g/mol. The van der Waals surface area contributed by atoms with Crippen molar-refractivity contribution in [2.75, 3.05) is 5.43 Å². The van der Waals surface area contributed by atoms with Crippen LogP contribution in [0.4, 0.5) is 10.2 Å². The minimum absolute atomic E-state index is 0.348. The first kappa shape index (κ1) is 12.8. The second-order valence-electron chi connectivity index (χ2n) is 4.88. The number of ether oxygens (including phenoxy) is 1. The standard InChI is InChI=1S/C14H15FN4O/c1-8-2-5-10(15)6-11(8)20-13-7-12(19-16)17-14(18-13)9-3-4-9/h2,5-7,9H,3-4,16H2,1H3,(H,17,18,19). The Bertz CT molecular complexity index is 643. The predicted molar refractivity (Wildman–Crippen MR) is 73.0 cm³/mol. The van der Waals surface area contributed by atoms with E-state index < -0.39 is 0 Å². The van der Waals surface area contributed by atoms with E-state index in [4.69, 9.17) is 10.6 Å². The van der Waals surface area contributed by atoms with Gasteiger partial charge in [0.1, 0.15) is 23.2 Å². The molecule has 5 nitrogen and oxygen atoms in total. The molecule has 6 heteroatoms. The fourth-order valence-corrected chi connectivity index (χ4v) is 1.89. The van der Waals surface area contributed by atoms with E-state index in [0.717, 1.165) is 18.4 Å². The van der Waals surface area contributed by atoms with Crippen LogP contribution < -0.4 is 16.0 Å². The third-order valence-electron chi connectivity index (χ3n) is 3.18. The predicted octanol–water partition coefficient (Wildman–Crippen LogP) is 2.88. The molecule has 0 spiro atoms. The fraction of sp³-hybridized carbons (Fsp3) is 0.286. The second-order valence-corrected chi connectivity index (χ2v) is 4.88. The summed E-state index contributed by atoms with van der Waals surface area (Å²) in [6.07, 6.45) is 2.15. The normalized spacial score (nSPS) is 14.2. The van der Waals surface area contributed by atoms with Crippen LogP contribution in [0.1, 0.15) is 30.1 Å². The largest absolute Gasteiger partial charge is 0.438 e. The zero-order valence-electron chi connectivity index (χ0n) is 11.1. The molecule has 1 aromatic carbocycles. The van der Waals surface area contributed by atoms with Gasteiger partial charge in [0.2, 0.25) is 5.88 Å². The van der Waals surface area contributed by atoms with E-state index in [1.165, 1.54) is 12.1 Å². The van der Waals surface area contributed by atoms with Gasteiger partial charge in [-0.05, 0) is 31.4 Å². The van der Waals surface area contributed by atoms with E-state index in [0.29, 0.717) is 29.2 Å². The Labute approximate surface area is 116 Å². The number of benzene rings is 1. The van der Waals surface area contributed by atoms with Crippen LogP contribution in [0, 0.1) is 12.7 Å². The zero-order chi connectivity index (χ0) is 14.1. The molecule has 0 bridgehead atoms. The number of anilines is 1.